The molecule has 132 valence electrons. The number of rotatable bonds is 7. The van der Waals surface area contributed by atoms with Crippen molar-refractivity contribution in [3.8, 4) is 5.75 Å². The monoisotopic (exact) mass is 349 g/mol. The van der Waals surface area contributed by atoms with Crippen LogP contribution < -0.4 is 15.4 Å². The molecule has 24 heavy (non-hydrogen) atoms. The summed E-state index contributed by atoms with van der Waals surface area (Å²) in [5, 5.41) is 6.73. The minimum absolute atomic E-state index is 0.0830. The van der Waals surface area contributed by atoms with Crippen LogP contribution >= 0.6 is 12.2 Å². The summed E-state index contributed by atoms with van der Waals surface area (Å²) in [6, 6.07) is 8.06. The van der Waals surface area contributed by atoms with Crippen molar-refractivity contribution in [2.24, 2.45) is 0 Å². The van der Waals surface area contributed by atoms with Gasteiger partial charge in [0, 0.05) is 19.6 Å². The van der Waals surface area contributed by atoms with Gasteiger partial charge in [-0.3, -0.25) is 4.79 Å². The van der Waals surface area contributed by atoms with Crippen LogP contribution in [0.25, 0.3) is 0 Å². The Labute approximate surface area is 149 Å². The number of carbonyl (C=O) groups is 1. The van der Waals surface area contributed by atoms with Crippen LogP contribution in [0, 0.1) is 0 Å². The molecule has 1 aromatic rings. The number of para-hydroxylation sites is 1. The Morgan fingerprint density at radius 2 is 2.12 bits per heavy atom. The first-order valence-electron chi connectivity index (χ1n) is 8.54. The molecule has 1 heterocycles. The Bertz CT molecular complexity index is 579. The second-order valence-corrected chi connectivity index (χ2v) is 6.64. The van der Waals surface area contributed by atoms with E-state index < -0.39 is 0 Å². The fourth-order valence-electron chi connectivity index (χ4n) is 2.85. The lowest BCUT2D eigenvalue weighted by molar-refractivity contribution is -0.132. The predicted molar refractivity (Wildman–Crippen MR) is 100 cm³/mol. The highest BCUT2D eigenvalue weighted by Gasteiger charge is 2.28. The molecule has 5 nitrogen and oxygen atoms in total. The number of carbonyl (C=O) groups excluding carboxylic acids is 1. The summed E-state index contributed by atoms with van der Waals surface area (Å²) in [6.45, 7) is 5.42. The van der Waals surface area contributed by atoms with Gasteiger partial charge in [0.25, 0.3) is 0 Å². The van der Waals surface area contributed by atoms with E-state index in [1.807, 2.05) is 32.2 Å². The molecule has 1 saturated heterocycles. The van der Waals surface area contributed by atoms with Crippen molar-refractivity contribution < 1.29 is 9.53 Å². The standard InChI is InChI=1S/C18H27N3O2S/c1-4-14-8-5-6-9-16(14)23-11-7-10-21(3)17(22)15-12-13(2)19-18(24)20-15/h5-6,8-9,13,15H,4,7,10-12H2,1-3H3,(H2,19,20,24)/t13-,15+/m1/s1. The highest BCUT2D eigenvalue weighted by Crippen LogP contribution is 2.18. The maximum Gasteiger partial charge on any atom is 0.244 e. The van der Waals surface area contributed by atoms with Crippen LogP contribution in [-0.2, 0) is 11.2 Å². The highest BCUT2D eigenvalue weighted by atomic mass is 32.1. The zero-order valence-electron chi connectivity index (χ0n) is 14.7. The topological polar surface area (TPSA) is 53.6 Å². The van der Waals surface area contributed by atoms with Crippen LogP contribution in [0.5, 0.6) is 5.75 Å². The first-order valence-corrected chi connectivity index (χ1v) is 8.94. The number of amides is 1. The lowest BCUT2D eigenvalue weighted by Crippen LogP contribution is -2.58. The van der Waals surface area contributed by atoms with Crippen molar-refractivity contribution in [1.29, 1.82) is 0 Å². The van der Waals surface area contributed by atoms with E-state index in [0.717, 1.165) is 25.0 Å². The quantitative estimate of drug-likeness (QED) is 0.583. The third-order valence-corrected chi connectivity index (χ3v) is 4.43. The fraction of sp³-hybridized carbons (Fsp3) is 0.556. The number of nitrogens with one attached hydrogen (secondary N) is 2. The van der Waals surface area contributed by atoms with E-state index in [1.165, 1.54) is 5.56 Å². The summed E-state index contributed by atoms with van der Waals surface area (Å²) in [6.07, 6.45) is 2.49. The molecule has 0 saturated carbocycles. The molecule has 0 aromatic heterocycles. The Kier molecular flexibility index (Phi) is 6.85. The molecule has 1 aliphatic heterocycles. The molecule has 1 aromatic carbocycles. The number of hydrogen-bond donors (Lipinski definition) is 2. The zero-order valence-corrected chi connectivity index (χ0v) is 15.5. The molecule has 0 radical (unpaired) electrons. The number of likely N-dealkylation sites (N-methyl/N-ethyl adjacent to an activating group) is 1. The number of nitrogens with zero attached hydrogens (tertiary/aromatic N) is 1. The van der Waals surface area contributed by atoms with Gasteiger partial charge in [0.1, 0.15) is 11.8 Å². The van der Waals surface area contributed by atoms with Gasteiger partial charge in [0.15, 0.2) is 5.11 Å². The Morgan fingerprint density at radius 1 is 1.38 bits per heavy atom. The maximum absolute atomic E-state index is 12.5. The zero-order chi connectivity index (χ0) is 17.5. The lowest BCUT2D eigenvalue weighted by atomic mass is 10.1. The highest BCUT2D eigenvalue weighted by molar-refractivity contribution is 7.80. The van der Waals surface area contributed by atoms with Gasteiger partial charge < -0.3 is 20.3 Å². The average Bonchev–Trinajstić information content (AvgIpc) is 2.57. The predicted octanol–water partition coefficient (Wildman–Crippen LogP) is 2.10. The van der Waals surface area contributed by atoms with Crippen LogP contribution in [0.1, 0.15) is 32.3 Å². The maximum atomic E-state index is 12.5. The Balaban J connectivity index is 1.75. The van der Waals surface area contributed by atoms with Gasteiger partial charge in [0.05, 0.1) is 6.61 Å². The molecular formula is C18H27N3O2S. The molecule has 2 rings (SSSR count). The summed E-state index contributed by atoms with van der Waals surface area (Å²) in [5.74, 6) is 1.02. The summed E-state index contributed by atoms with van der Waals surface area (Å²) in [5.41, 5.74) is 1.21. The van der Waals surface area contributed by atoms with E-state index in [2.05, 4.69) is 23.6 Å². The third kappa shape index (κ3) is 5.09. The van der Waals surface area contributed by atoms with Crippen LogP contribution in [0.2, 0.25) is 0 Å². The SMILES string of the molecule is CCc1ccccc1OCCCN(C)C(=O)[C@@H]1C[C@@H](C)NC(=S)N1. The summed E-state index contributed by atoms with van der Waals surface area (Å²) in [7, 11) is 1.83. The number of aryl methyl sites for hydroxylation is 1. The second kappa shape index (κ2) is 8.87. The van der Waals surface area contributed by atoms with Crippen LogP contribution in [0.15, 0.2) is 24.3 Å². The van der Waals surface area contributed by atoms with Gasteiger partial charge in [-0.25, -0.2) is 0 Å². The third-order valence-electron chi connectivity index (χ3n) is 4.20. The Morgan fingerprint density at radius 3 is 2.83 bits per heavy atom. The molecule has 0 bridgehead atoms. The van der Waals surface area contributed by atoms with Crippen molar-refractivity contribution in [3.05, 3.63) is 29.8 Å². The summed E-state index contributed by atoms with van der Waals surface area (Å²) in [4.78, 5) is 14.2. The largest absolute Gasteiger partial charge is 0.493 e. The molecule has 0 aliphatic carbocycles. The van der Waals surface area contributed by atoms with Crippen molar-refractivity contribution in [2.45, 2.75) is 45.2 Å². The van der Waals surface area contributed by atoms with Crippen molar-refractivity contribution in [3.63, 3.8) is 0 Å². The van der Waals surface area contributed by atoms with Gasteiger partial charge in [-0.1, -0.05) is 25.1 Å². The van der Waals surface area contributed by atoms with Crippen LogP contribution in [-0.4, -0.2) is 48.2 Å². The minimum Gasteiger partial charge on any atom is -0.493 e. The Hall–Kier alpha value is -1.82. The molecule has 2 N–H and O–H groups in total. The van der Waals surface area contributed by atoms with Crippen molar-refractivity contribution in [1.82, 2.24) is 15.5 Å². The van der Waals surface area contributed by atoms with E-state index in [0.29, 0.717) is 18.3 Å². The molecule has 6 heteroatoms. The number of hydrogen-bond acceptors (Lipinski definition) is 3. The normalized spacial score (nSPS) is 20.0. The molecule has 1 aliphatic rings. The van der Waals surface area contributed by atoms with E-state index in [4.69, 9.17) is 17.0 Å². The summed E-state index contributed by atoms with van der Waals surface area (Å²) >= 11 is 5.14. The van der Waals surface area contributed by atoms with E-state index in [9.17, 15) is 4.79 Å². The molecule has 0 spiro atoms. The van der Waals surface area contributed by atoms with Gasteiger partial charge in [-0.05, 0) is 50.0 Å². The van der Waals surface area contributed by atoms with Gasteiger partial charge in [-0.15, -0.1) is 0 Å². The molecule has 1 fully saturated rings. The molecule has 0 unspecified atom stereocenters. The van der Waals surface area contributed by atoms with Crippen LogP contribution in [0.3, 0.4) is 0 Å². The second-order valence-electron chi connectivity index (χ2n) is 6.23. The van der Waals surface area contributed by atoms with Crippen molar-refractivity contribution in [2.75, 3.05) is 20.2 Å². The fourth-order valence-corrected chi connectivity index (χ4v) is 3.20. The first kappa shape index (κ1) is 18.5. The number of thiocarbonyl (C=S) groups is 1. The molecular weight excluding hydrogens is 322 g/mol. The van der Waals surface area contributed by atoms with Gasteiger partial charge in [0.2, 0.25) is 5.91 Å². The summed E-state index contributed by atoms with van der Waals surface area (Å²) < 4.78 is 5.85. The van der Waals surface area contributed by atoms with E-state index in [-0.39, 0.29) is 18.0 Å². The van der Waals surface area contributed by atoms with Gasteiger partial charge in [-0.2, -0.15) is 0 Å². The van der Waals surface area contributed by atoms with Crippen LogP contribution in [0.4, 0.5) is 0 Å². The van der Waals surface area contributed by atoms with Gasteiger partial charge >= 0.3 is 0 Å². The minimum atomic E-state index is -0.236. The average molecular weight is 349 g/mol. The number of ether oxygens (including phenoxy) is 1. The number of benzene rings is 1. The molecule has 1 amide bonds. The first-order chi connectivity index (χ1) is 11.5. The lowest BCUT2D eigenvalue weighted by Gasteiger charge is -2.32. The van der Waals surface area contributed by atoms with E-state index >= 15 is 0 Å². The van der Waals surface area contributed by atoms with E-state index in [1.54, 1.807) is 4.90 Å². The smallest absolute Gasteiger partial charge is 0.244 e. The molecule has 2 atom stereocenters. The van der Waals surface area contributed by atoms with Crippen molar-refractivity contribution >= 4 is 23.2 Å².